The molecule has 1 saturated heterocycles. The molecule has 1 aliphatic carbocycles. The number of likely N-dealkylation sites (tertiary alicyclic amines) is 1. The van der Waals surface area contributed by atoms with Crippen LogP contribution < -0.4 is 10.0 Å². The van der Waals surface area contributed by atoms with Gasteiger partial charge in [0.25, 0.3) is 0 Å². The van der Waals surface area contributed by atoms with Crippen molar-refractivity contribution in [2.75, 3.05) is 25.0 Å². The van der Waals surface area contributed by atoms with Gasteiger partial charge in [0, 0.05) is 11.8 Å². The molecule has 0 spiro atoms. The zero-order chi connectivity index (χ0) is 22.7. The molecular formula is C23H28KN5O3S. The Labute approximate surface area is 237 Å². The van der Waals surface area contributed by atoms with Crippen molar-refractivity contribution in [1.29, 1.82) is 5.26 Å². The third-order valence-corrected chi connectivity index (χ3v) is 8.18. The van der Waals surface area contributed by atoms with E-state index in [0.29, 0.717) is 31.6 Å². The van der Waals surface area contributed by atoms with E-state index in [1.807, 2.05) is 18.2 Å². The molecular weight excluding hydrogens is 465 g/mol. The Kier molecular flexibility index (Phi) is 9.08. The summed E-state index contributed by atoms with van der Waals surface area (Å²) in [6, 6.07) is 8.66. The van der Waals surface area contributed by atoms with Gasteiger partial charge in [0.05, 0.1) is 10.9 Å². The average Bonchev–Trinajstić information content (AvgIpc) is 3.28. The first-order valence-electron chi connectivity index (χ1n) is 11.0. The van der Waals surface area contributed by atoms with E-state index in [4.69, 9.17) is 0 Å². The Morgan fingerprint density at radius 2 is 2.00 bits per heavy atom. The number of pyridine rings is 1. The molecule has 2 N–H and O–H groups in total. The summed E-state index contributed by atoms with van der Waals surface area (Å²) in [5, 5.41) is 11.4. The van der Waals surface area contributed by atoms with E-state index in [1.54, 1.807) is 18.3 Å². The Hall–Kier alpha value is -1.32. The number of hydrogen-bond donors (Lipinski definition) is 2. The number of urea groups is 1. The van der Waals surface area contributed by atoms with E-state index in [1.165, 1.54) is 0 Å². The predicted molar refractivity (Wildman–Crippen MR) is 130 cm³/mol. The van der Waals surface area contributed by atoms with Crippen LogP contribution in [0.1, 0.15) is 43.0 Å². The van der Waals surface area contributed by atoms with E-state index >= 15 is 0 Å². The molecule has 1 aliphatic heterocycles. The number of anilines is 1. The average molecular weight is 494 g/mol. The van der Waals surface area contributed by atoms with E-state index in [0.717, 1.165) is 48.1 Å². The van der Waals surface area contributed by atoms with Crippen LogP contribution in [0.3, 0.4) is 0 Å². The molecule has 2 aromatic rings. The van der Waals surface area contributed by atoms with Gasteiger partial charge in [-0.15, -0.1) is 0 Å². The quantitative estimate of drug-likeness (QED) is 0.618. The number of nitrogens with zero attached hydrogens (tertiary/aromatic N) is 3. The number of benzene rings is 1. The monoisotopic (exact) mass is 493 g/mol. The first-order chi connectivity index (χ1) is 15.4. The predicted octanol–water partition coefficient (Wildman–Crippen LogP) is 2.40. The van der Waals surface area contributed by atoms with Crippen molar-refractivity contribution in [3.05, 3.63) is 47.3 Å². The number of aromatic nitrogens is 1. The van der Waals surface area contributed by atoms with Gasteiger partial charge < -0.3 is 10.2 Å². The maximum atomic E-state index is 12.8. The van der Waals surface area contributed by atoms with Gasteiger partial charge in [-0.3, -0.25) is 0 Å². The van der Waals surface area contributed by atoms with Gasteiger partial charge in [-0.05, 0) is 80.6 Å². The number of rotatable bonds is 5. The Morgan fingerprint density at radius 3 is 2.70 bits per heavy atom. The van der Waals surface area contributed by atoms with Crippen LogP contribution in [0.4, 0.5) is 10.5 Å². The van der Waals surface area contributed by atoms with Crippen LogP contribution in [0.5, 0.6) is 0 Å². The summed E-state index contributed by atoms with van der Waals surface area (Å²) in [6.07, 6.45) is 5.27. The van der Waals surface area contributed by atoms with Crippen LogP contribution in [0.2, 0.25) is 0 Å². The summed E-state index contributed by atoms with van der Waals surface area (Å²) < 4.78 is 27.9. The molecule has 4 rings (SSSR count). The van der Waals surface area contributed by atoms with Crippen molar-refractivity contribution in [1.82, 2.24) is 14.6 Å². The van der Waals surface area contributed by atoms with E-state index < -0.39 is 21.3 Å². The van der Waals surface area contributed by atoms with Crippen LogP contribution in [-0.4, -0.2) is 101 Å². The topological polar surface area (TPSA) is 115 Å². The fourth-order valence-electron chi connectivity index (χ4n) is 4.60. The van der Waals surface area contributed by atoms with Crippen molar-refractivity contribution in [2.24, 2.45) is 0 Å². The number of hydrogen-bond acceptors (Lipinski definition) is 6. The van der Waals surface area contributed by atoms with Crippen LogP contribution in [0.15, 0.2) is 30.5 Å². The summed E-state index contributed by atoms with van der Waals surface area (Å²) in [7, 11) is -3.78. The van der Waals surface area contributed by atoms with Crippen molar-refractivity contribution >= 4 is 73.1 Å². The molecule has 33 heavy (non-hydrogen) atoms. The van der Waals surface area contributed by atoms with Crippen molar-refractivity contribution in [2.45, 2.75) is 44.3 Å². The molecule has 0 bridgehead atoms. The maximum absolute atomic E-state index is 12.8. The molecule has 2 heterocycles. The molecule has 0 unspecified atom stereocenters. The Bertz CT molecular complexity index is 1170. The number of carbonyl (C=O) groups is 1. The standard InChI is InChI=1S/C23H27N5O3S.K.H/c1-2-28-12-9-19(10-13-28)32(30,31)27-23(29)26-22-20-5-3-4-16(20)6-7-21(22)17-8-11-25-18(14-17)15-24;;/h6-8,11,14,19H,2-5,9-10,12-13H2,1H3,(H2,26,27,29);;. The molecule has 1 aromatic carbocycles. The van der Waals surface area contributed by atoms with E-state index in [9.17, 15) is 18.5 Å². The van der Waals surface area contributed by atoms with Crippen molar-refractivity contribution in [3.8, 4) is 17.2 Å². The first kappa shape index (κ1) is 26.3. The molecule has 2 aliphatic rings. The SMILES string of the molecule is CCN1CCC(S(=O)(=O)NC(=O)Nc2c(-c3ccnc(C#N)c3)ccc3c2CCC3)CC1.[KH]. The second-order valence-corrected chi connectivity index (χ2v) is 10.2. The van der Waals surface area contributed by atoms with Crippen LogP contribution in [0.25, 0.3) is 11.1 Å². The van der Waals surface area contributed by atoms with Gasteiger partial charge in [-0.1, -0.05) is 19.1 Å². The number of carbonyl (C=O) groups excluding carboxylic acids is 1. The van der Waals surface area contributed by atoms with E-state index in [2.05, 4.69) is 26.8 Å². The summed E-state index contributed by atoms with van der Waals surface area (Å²) in [5.41, 5.74) is 4.53. The van der Waals surface area contributed by atoms with Gasteiger partial charge in [0.1, 0.15) is 11.8 Å². The van der Waals surface area contributed by atoms with Gasteiger partial charge in [0.15, 0.2) is 0 Å². The number of nitriles is 1. The summed E-state index contributed by atoms with van der Waals surface area (Å²) >= 11 is 0. The summed E-state index contributed by atoms with van der Waals surface area (Å²) in [6.45, 7) is 4.37. The molecule has 170 valence electrons. The Morgan fingerprint density at radius 1 is 1.24 bits per heavy atom. The number of nitrogens with one attached hydrogen (secondary N) is 2. The number of sulfonamides is 1. The third kappa shape index (κ3) is 6.03. The normalized spacial score (nSPS) is 16.4. The van der Waals surface area contributed by atoms with Crippen LogP contribution in [-0.2, 0) is 22.9 Å². The Balaban J connectivity index is 0.00000306. The molecule has 0 atom stereocenters. The first-order valence-corrected chi connectivity index (χ1v) is 12.5. The number of piperidine rings is 1. The fourth-order valence-corrected chi connectivity index (χ4v) is 5.90. The second-order valence-electron chi connectivity index (χ2n) is 8.26. The molecule has 2 amide bonds. The fraction of sp³-hybridized carbons (Fsp3) is 0.435. The minimum atomic E-state index is -3.78. The summed E-state index contributed by atoms with van der Waals surface area (Å²) in [5.74, 6) is 0. The van der Waals surface area contributed by atoms with Crippen LogP contribution in [0, 0.1) is 11.3 Å². The van der Waals surface area contributed by atoms with Crippen molar-refractivity contribution in [3.63, 3.8) is 0 Å². The van der Waals surface area contributed by atoms with Crippen LogP contribution >= 0.6 is 0 Å². The van der Waals surface area contributed by atoms with Gasteiger partial charge in [-0.25, -0.2) is 22.9 Å². The molecule has 1 fully saturated rings. The van der Waals surface area contributed by atoms with E-state index in [-0.39, 0.29) is 57.1 Å². The second kappa shape index (κ2) is 11.4. The minimum absolute atomic E-state index is 0. The summed E-state index contributed by atoms with van der Waals surface area (Å²) in [4.78, 5) is 19.0. The molecule has 10 heteroatoms. The molecule has 0 radical (unpaired) electrons. The van der Waals surface area contributed by atoms with Crippen molar-refractivity contribution < 1.29 is 13.2 Å². The van der Waals surface area contributed by atoms with Gasteiger partial charge in [-0.2, -0.15) is 5.26 Å². The number of aryl methyl sites for hydroxylation is 1. The number of amides is 2. The molecule has 0 saturated carbocycles. The zero-order valence-corrected chi connectivity index (χ0v) is 18.9. The molecule has 8 nitrogen and oxygen atoms in total. The third-order valence-electron chi connectivity index (χ3n) is 6.36. The number of fused-ring (bicyclic) bond motifs is 1. The molecule has 1 aromatic heterocycles. The zero-order valence-electron chi connectivity index (χ0n) is 18.1. The van der Waals surface area contributed by atoms with Gasteiger partial charge in [0.2, 0.25) is 10.0 Å². The van der Waals surface area contributed by atoms with Gasteiger partial charge >= 0.3 is 57.4 Å².